The van der Waals surface area contributed by atoms with Gasteiger partial charge in [-0.05, 0) is 73.2 Å². The van der Waals surface area contributed by atoms with Crippen LogP contribution in [0.1, 0.15) is 37.8 Å². The van der Waals surface area contributed by atoms with Crippen molar-refractivity contribution in [3.63, 3.8) is 0 Å². The molecule has 1 aromatic heterocycles. The molecule has 3 saturated heterocycles. The zero-order valence-corrected chi connectivity index (χ0v) is 21.2. The Hall–Kier alpha value is -3.71. The summed E-state index contributed by atoms with van der Waals surface area (Å²) >= 11 is 0. The number of nitrogens with zero attached hydrogens (tertiary/aromatic N) is 2. The normalized spacial score (nSPS) is 23.7. The number of anilines is 3. The fourth-order valence-corrected chi connectivity index (χ4v) is 6.38. The zero-order valence-electron chi connectivity index (χ0n) is 21.2. The minimum absolute atomic E-state index is 0.183. The second-order valence-electron chi connectivity index (χ2n) is 10.3. The lowest BCUT2D eigenvalue weighted by molar-refractivity contribution is -0.00782. The van der Waals surface area contributed by atoms with Gasteiger partial charge in [-0.3, -0.25) is 19.5 Å². The lowest BCUT2D eigenvalue weighted by atomic mass is 9.72. The quantitative estimate of drug-likeness (QED) is 0.337. The molecular weight excluding hydrogens is 464 g/mol. The number of benzene rings is 2. The van der Waals surface area contributed by atoms with E-state index in [1.54, 1.807) is 7.11 Å². The van der Waals surface area contributed by atoms with Crippen LogP contribution in [0.15, 0.2) is 70.4 Å². The summed E-state index contributed by atoms with van der Waals surface area (Å²) in [5, 5.41) is 7.74. The fourth-order valence-electron chi connectivity index (χ4n) is 6.38. The van der Waals surface area contributed by atoms with Gasteiger partial charge in [-0.15, -0.1) is 0 Å². The van der Waals surface area contributed by atoms with Gasteiger partial charge in [0, 0.05) is 29.9 Å². The third kappa shape index (κ3) is 4.17. The molecule has 3 unspecified atom stereocenters. The Bertz CT molecular complexity index is 1490. The number of nitrogens with one attached hydrogen (secondary N) is 2. The molecule has 0 saturated carbocycles. The van der Waals surface area contributed by atoms with E-state index < -0.39 is 10.9 Å². The summed E-state index contributed by atoms with van der Waals surface area (Å²) in [6.07, 6.45) is 5.29. The molecule has 0 aliphatic carbocycles. The van der Waals surface area contributed by atoms with E-state index in [1.165, 1.54) is 12.8 Å². The topological polar surface area (TPSA) is 83.6 Å². The van der Waals surface area contributed by atoms with E-state index in [2.05, 4.69) is 27.4 Å². The van der Waals surface area contributed by atoms with Crippen LogP contribution in [0.4, 0.5) is 17.1 Å². The predicted octanol–water partition coefficient (Wildman–Crippen LogP) is 4.86. The molecule has 0 amide bonds. The van der Waals surface area contributed by atoms with Crippen LogP contribution in [0.25, 0.3) is 10.9 Å². The average molecular weight is 497 g/mol. The molecule has 4 aromatic rings. The molecular formula is C30H32N4O3. The Morgan fingerprint density at radius 1 is 1.08 bits per heavy atom. The van der Waals surface area contributed by atoms with Crippen molar-refractivity contribution in [1.29, 1.82) is 0 Å². The van der Waals surface area contributed by atoms with Crippen LogP contribution in [-0.2, 0) is 0 Å². The number of methoxy groups -OCH3 is 1. The summed E-state index contributed by atoms with van der Waals surface area (Å²) in [7, 11) is 1.66. The Balaban J connectivity index is 1.43. The standard InChI is InChI=1S/C30H32N4O3/c1-3-18-17-34-14-12-19(18)15-25(34)26(22-11-13-31-24-10-9-21(37-2)16-23(22)24)33-28-27(29(35)30(28)36)32-20-7-5-4-6-8-20/h4-11,13,16,18-19,25-26,32-33H,3,12,14-15,17H2,1-2H3/t18?,19?,25-,26+/m1/s1. The van der Waals surface area contributed by atoms with Crippen molar-refractivity contribution < 1.29 is 4.74 Å². The van der Waals surface area contributed by atoms with Crippen molar-refractivity contribution in [1.82, 2.24) is 9.88 Å². The molecule has 4 heterocycles. The number of piperidine rings is 3. The third-order valence-corrected chi connectivity index (χ3v) is 8.42. The number of aromatic nitrogens is 1. The minimum atomic E-state index is -0.483. The van der Waals surface area contributed by atoms with Crippen molar-refractivity contribution in [3.05, 3.63) is 86.8 Å². The summed E-state index contributed by atoms with van der Waals surface area (Å²) in [6.45, 7) is 4.40. The predicted molar refractivity (Wildman–Crippen MR) is 148 cm³/mol. The number of pyridine rings is 1. The molecule has 7 nitrogen and oxygen atoms in total. The Morgan fingerprint density at radius 3 is 2.62 bits per heavy atom. The van der Waals surface area contributed by atoms with Crippen LogP contribution in [-0.4, -0.2) is 36.1 Å². The van der Waals surface area contributed by atoms with Crippen LogP contribution in [0, 0.1) is 11.8 Å². The summed E-state index contributed by atoms with van der Waals surface area (Å²) in [5.41, 5.74) is 2.46. The SMILES string of the molecule is CCC1CN2CCC1C[C@@H]2[C@@H](Nc1c(Nc2ccccc2)c(=O)c1=O)c1ccnc2ccc(OC)cc12. The van der Waals surface area contributed by atoms with E-state index in [0.717, 1.165) is 47.4 Å². The largest absolute Gasteiger partial charge is 0.497 e. The monoisotopic (exact) mass is 496 g/mol. The van der Waals surface area contributed by atoms with Gasteiger partial charge >= 0.3 is 0 Å². The number of hydrogen-bond donors (Lipinski definition) is 2. The molecule has 2 bridgehead atoms. The molecule has 3 aliphatic heterocycles. The van der Waals surface area contributed by atoms with Crippen molar-refractivity contribution in [3.8, 4) is 5.75 Å². The lowest BCUT2D eigenvalue weighted by Crippen LogP contribution is -2.56. The first-order valence-corrected chi connectivity index (χ1v) is 13.2. The van der Waals surface area contributed by atoms with Gasteiger partial charge in [-0.2, -0.15) is 0 Å². The Labute approximate surface area is 216 Å². The third-order valence-electron chi connectivity index (χ3n) is 8.42. The molecule has 0 spiro atoms. The molecule has 7 rings (SSSR count). The van der Waals surface area contributed by atoms with Gasteiger partial charge in [0.1, 0.15) is 17.1 Å². The van der Waals surface area contributed by atoms with Crippen LogP contribution in [0.2, 0.25) is 0 Å². The molecule has 5 atom stereocenters. The first-order valence-electron chi connectivity index (χ1n) is 13.2. The smallest absolute Gasteiger partial charge is 0.253 e. The molecule has 2 N–H and O–H groups in total. The van der Waals surface area contributed by atoms with Gasteiger partial charge in [0.05, 0.1) is 18.7 Å². The molecule has 3 fully saturated rings. The second kappa shape index (κ2) is 9.63. The van der Waals surface area contributed by atoms with Gasteiger partial charge in [0.25, 0.3) is 10.9 Å². The van der Waals surface area contributed by atoms with Gasteiger partial charge in [-0.25, -0.2) is 0 Å². The van der Waals surface area contributed by atoms with Crippen molar-refractivity contribution in [2.45, 2.75) is 38.3 Å². The van der Waals surface area contributed by atoms with E-state index in [9.17, 15) is 9.59 Å². The summed E-state index contributed by atoms with van der Waals surface area (Å²) in [6, 6.07) is 17.4. The number of fused-ring (bicyclic) bond motifs is 4. The van der Waals surface area contributed by atoms with E-state index >= 15 is 0 Å². The molecule has 190 valence electrons. The fraction of sp³-hybridized carbons (Fsp3) is 0.367. The van der Waals surface area contributed by atoms with Crippen LogP contribution in [0.5, 0.6) is 5.75 Å². The minimum Gasteiger partial charge on any atom is -0.497 e. The zero-order chi connectivity index (χ0) is 25.5. The first kappa shape index (κ1) is 23.7. The van der Waals surface area contributed by atoms with Gasteiger partial charge in [0.15, 0.2) is 0 Å². The maximum Gasteiger partial charge on any atom is 0.253 e. The maximum absolute atomic E-state index is 12.9. The number of ether oxygens (including phenoxy) is 1. The summed E-state index contributed by atoms with van der Waals surface area (Å²) < 4.78 is 5.53. The Morgan fingerprint density at radius 2 is 1.89 bits per heavy atom. The highest BCUT2D eigenvalue weighted by Gasteiger charge is 2.43. The molecule has 3 aromatic carbocycles. The first-order chi connectivity index (χ1) is 18.1. The van der Waals surface area contributed by atoms with E-state index in [4.69, 9.17) is 4.74 Å². The van der Waals surface area contributed by atoms with Crippen molar-refractivity contribution in [2.24, 2.45) is 11.8 Å². The van der Waals surface area contributed by atoms with E-state index in [1.807, 2.05) is 60.8 Å². The second-order valence-corrected chi connectivity index (χ2v) is 10.3. The van der Waals surface area contributed by atoms with Crippen molar-refractivity contribution in [2.75, 3.05) is 30.8 Å². The van der Waals surface area contributed by atoms with Crippen LogP contribution < -0.4 is 26.2 Å². The summed E-state index contributed by atoms with van der Waals surface area (Å²) in [4.78, 5) is 32.7. The highest BCUT2D eigenvalue weighted by molar-refractivity contribution is 5.85. The molecule has 7 heteroatoms. The van der Waals surface area contributed by atoms with Gasteiger partial charge in [-0.1, -0.05) is 31.5 Å². The maximum atomic E-state index is 12.9. The van der Waals surface area contributed by atoms with Crippen LogP contribution in [0.3, 0.4) is 0 Å². The molecule has 0 radical (unpaired) electrons. The van der Waals surface area contributed by atoms with E-state index in [0.29, 0.717) is 23.2 Å². The van der Waals surface area contributed by atoms with E-state index in [-0.39, 0.29) is 12.1 Å². The van der Waals surface area contributed by atoms with Crippen molar-refractivity contribution >= 4 is 28.0 Å². The van der Waals surface area contributed by atoms with Gasteiger partial charge < -0.3 is 15.4 Å². The highest BCUT2D eigenvalue weighted by atomic mass is 16.5. The lowest BCUT2D eigenvalue weighted by Gasteiger charge is -2.52. The van der Waals surface area contributed by atoms with Gasteiger partial charge in [0.2, 0.25) is 0 Å². The number of hydrogen-bond acceptors (Lipinski definition) is 7. The highest BCUT2D eigenvalue weighted by Crippen LogP contribution is 2.44. The summed E-state index contributed by atoms with van der Waals surface area (Å²) in [5.74, 6) is 2.14. The number of para-hydroxylation sites is 1. The molecule has 37 heavy (non-hydrogen) atoms. The average Bonchev–Trinajstić information content (AvgIpc) is 2.96. The molecule has 3 aliphatic rings. The number of rotatable bonds is 8. The van der Waals surface area contributed by atoms with Crippen LogP contribution >= 0.6 is 0 Å². The Kier molecular flexibility index (Phi) is 6.16.